The molecule has 20 heavy (non-hydrogen) atoms. The van der Waals surface area contributed by atoms with E-state index in [1.807, 2.05) is 0 Å². The van der Waals surface area contributed by atoms with E-state index in [9.17, 15) is 13.2 Å². The Kier molecular flexibility index (Phi) is 5.72. The van der Waals surface area contributed by atoms with Crippen LogP contribution in [0.4, 0.5) is 13.2 Å². The molecule has 1 aromatic heterocycles. The van der Waals surface area contributed by atoms with Crippen LogP contribution in [-0.4, -0.2) is 23.3 Å². The molecular formula is C14H19F3N2S. The van der Waals surface area contributed by atoms with Gasteiger partial charge in [-0.1, -0.05) is 12.8 Å². The van der Waals surface area contributed by atoms with Crippen molar-refractivity contribution in [2.24, 2.45) is 0 Å². The van der Waals surface area contributed by atoms with Gasteiger partial charge in [0.05, 0.1) is 10.6 Å². The fourth-order valence-electron chi connectivity index (χ4n) is 2.32. The zero-order valence-electron chi connectivity index (χ0n) is 11.2. The summed E-state index contributed by atoms with van der Waals surface area (Å²) in [6.45, 7) is 0.971. The highest BCUT2D eigenvalue weighted by Crippen LogP contribution is 2.29. The van der Waals surface area contributed by atoms with E-state index in [0.717, 1.165) is 31.0 Å². The van der Waals surface area contributed by atoms with Gasteiger partial charge in [-0.25, -0.2) is 4.98 Å². The van der Waals surface area contributed by atoms with E-state index in [1.54, 1.807) is 0 Å². The molecule has 0 spiro atoms. The van der Waals surface area contributed by atoms with Crippen LogP contribution < -0.4 is 5.32 Å². The van der Waals surface area contributed by atoms with E-state index in [0.29, 0.717) is 11.1 Å². The van der Waals surface area contributed by atoms with Gasteiger partial charge >= 0.3 is 6.18 Å². The zero-order chi connectivity index (χ0) is 14.4. The van der Waals surface area contributed by atoms with E-state index in [1.165, 1.54) is 43.5 Å². The second-order valence-electron chi connectivity index (χ2n) is 5.02. The van der Waals surface area contributed by atoms with Crippen LogP contribution in [0.2, 0.25) is 0 Å². The summed E-state index contributed by atoms with van der Waals surface area (Å²) in [5.41, 5.74) is -0.690. The molecule has 2 rings (SSSR count). The van der Waals surface area contributed by atoms with Crippen LogP contribution in [0.1, 0.15) is 37.7 Å². The van der Waals surface area contributed by atoms with Gasteiger partial charge in [0.25, 0.3) is 0 Å². The number of rotatable bonds is 6. The van der Waals surface area contributed by atoms with Crippen molar-refractivity contribution in [2.45, 2.75) is 49.3 Å². The van der Waals surface area contributed by atoms with Crippen LogP contribution in [-0.2, 0) is 6.18 Å². The molecule has 0 aliphatic heterocycles. The van der Waals surface area contributed by atoms with Gasteiger partial charge in [0, 0.05) is 18.0 Å². The molecule has 1 heterocycles. The Hall–Kier alpha value is -0.750. The molecule has 0 atom stereocenters. The Labute approximate surface area is 121 Å². The lowest BCUT2D eigenvalue weighted by atomic mass is 10.2. The molecule has 2 nitrogen and oxygen atoms in total. The summed E-state index contributed by atoms with van der Waals surface area (Å²) in [4.78, 5) is 3.84. The molecule has 1 aliphatic rings. The smallest absolute Gasteiger partial charge is 0.314 e. The van der Waals surface area contributed by atoms with Crippen LogP contribution in [0.15, 0.2) is 23.4 Å². The predicted molar refractivity (Wildman–Crippen MR) is 74.8 cm³/mol. The predicted octanol–water partition coefficient (Wildman–Crippen LogP) is 4.11. The van der Waals surface area contributed by atoms with E-state index < -0.39 is 11.7 Å². The Balaban J connectivity index is 1.64. The number of nitrogens with zero attached hydrogens (tertiary/aromatic N) is 1. The van der Waals surface area contributed by atoms with E-state index in [4.69, 9.17) is 0 Å². The first-order valence-electron chi connectivity index (χ1n) is 6.95. The van der Waals surface area contributed by atoms with Crippen molar-refractivity contribution in [3.63, 3.8) is 0 Å². The van der Waals surface area contributed by atoms with E-state index in [-0.39, 0.29) is 0 Å². The summed E-state index contributed by atoms with van der Waals surface area (Å²) < 4.78 is 37.1. The molecule has 1 N–H and O–H groups in total. The third-order valence-corrected chi connectivity index (χ3v) is 4.45. The van der Waals surface area contributed by atoms with Gasteiger partial charge < -0.3 is 5.32 Å². The quantitative estimate of drug-likeness (QED) is 0.632. The standard InChI is InChI=1S/C14H19F3N2S/c15-14(16,17)11-6-7-13(19-10-11)20-9-3-8-18-12-4-1-2-5-12/h6-7,10,12,18H,1-5,8-9H2. The highest BCUT2D eigenvalue weighted by Gasteiger charge is 2.30. The monoisotopic (exact) mass is 304 g/mol. The average molecular weight is 304 g/mol. The van der Waals surface area contributed by atoms with Crippen molar-refractivity contribution in [3.05, 3.63) is 23.9 Å². The summed E-state index contributed by atoms with van der Waals surface area (Å²) >= 11 is 1.50. The minimum absolute atomic E-state index is 0.652. The maximum Gasteiger partial charge on any atom is 0.417 e. The number of alkyl halides is 3. The summed E-state index contributed by atoms with van der Waals surface area (Å²) in [5.74, 6) is 0.873. The lowest BCUT2D eigenvalue weighted by Gasteiger charge is -2.11. The lowest BCUT2D eigenvalue weighted by Crippen LogP contribution is -2.27. The number of thioether (sulfide) groups is 1. The molecule has 1 fully saturated rings. The summed E-state index contributed by atoms with van der Waals surface area (Å²) in [6, 6.07) is 3.20. The van der Waals surface area contributed by atoms with Gasteiger partial charge in [0.15, 0.2) is 0 Å². The Morgan fingerprint density at radius 1 is 1.25 bits per heavy atom. The molecule has 0 bridgehead atoms. The highest BCUT2D eigenvalue weighted by atomic mass is 32.2. The largest absolute Gasteiger partial charge is 0.417 e. The number of nitrogens with one attached hydrogen (secondary N) is 1. The first kappa shape index (κ1) is 15.6. The Bertz CT molecular complexity index is 400. The molecular weight excluding hydrogens is 285 g/mol. The second-order valence-corrected chi connectivity index (χ2v) is 6.14. The molecule has 0 aromatic carbocycles. The van der Waals surface area contributed by atoms with E-state index >= 15 is 0 Å². The number of pyridine rings is 1. The SMILES string of the molecule is FC(F)(F)c1ccc(SCCCNC2CCCC2)nc1. The highest BCUT2D eigenvalue weighted by molar-refractivity contribution is 7.99. The first-order chi connectivity index (χ1) is 9.55. The van der Waals surface area contributed by atoms with Crippen molar-refractivity contribution in [3.8, 4) is 0 Å². The van der Waals surface area contributed by atoms with Crippen LogP contribution in [0, 0.1) is 0 Å². The summed E-state index contributed by atoms with van der Waals surface area (Å²) in [5, 5.41) is 4.17. The van der Waals surface area contributed by atoms with Gasteiger partial charge in [-0.2, -0.15) is 13.2 Å². The maximum absolute atomic E-state index is 12.4. The van der Waals surface area contributed by atoms with Gasteiger partial charge in [-0.3, -0.25) is 0 Å². The topological polar surface area (TPSA) is 24.9 Å². The summed E-state index contributed by atoms with van der Waals surface area (Å²) in [7, 11) is 0. The maximum atomic E-state index is 12.4. The molecule has 0 radical (unpaired) electrons. The molecule has 1 aromatic rings. The van der Waals surface area contributed by atoms with Crippen molar-refractivity contribution in [2.75, 3.05) is 12.3 Å². The average Bonchev–Trinajstić information content (AvgIpc) is 2.91. The van der Waals surface area contributed by atoms with Gasteiger partial charge in [0.2, 0.25) is 0 Å². The molecule has 0 amide bonds. The van der Waals surface area contributed by atoms with Gasteiger partial charge in [-0.15, -0.1) is 11.8 Å². The molecule has 0 saturated heterocycles. The number of hydrogen-bond donors (Lipinski definition) is 1. The second kappa shape index (κ2) is 7.31. The molecule has 112 valence electrons. The van der Waals surface area contributed by atoms with Gasteiger partial charge in [0.1, 0.15) is 0 Å². The Morgan fingerprint density at radius 2 is 2.00 bits per heavy atom. The molecule has 0 unspecified atom stereocenters. The van der Waals surface area contributed by atoms with Crippen molar-refractivity contribution in [1.82, 2.24) is 10.3 Å². The van der Waals surface area contributed by atoms with E-state index in [2.05, 4.69) is 10.3 Å². The number of halogens is 3. The molecule has 6 heteroatoms. The fourth-order valence-corrected chi connectivity index (χ4v) is 3.11. The van der Waals surface area contributed by atoms with Crippen molar-refractivity contribution in [1.29, 1.82) is 0 Å². The first-order valence-corrected chi connectivity index (χ1v) is 7.94. The minimum Gasteiger partial charge on any atom is -0.314 e. The summed E-state index contributed by atoms with van der Waals surface area (Å²) in [6.07, 6.45) is 2.79. The number of aromatic nitrogens is 1. The fraction of sp³-hybridized carbons (Fsp3) is 0.643. The Morgan fingerprint density at radius 3 is 2.60 bits per heavy atom. The van der Waals surface area contributed by atoms with Crippen LogP contribution in [0.25, 0.3) is 0 Å². The molecule has 1 aliphatic carbocycles. The third kappa shape index (κ3) is 4.98. The minimum atomic E-state index is -4.30. The van der Waals surface area contributed by atoms with Crippen molar-refractivity contribution >= 4 is 11.8 Å². The van der Waals surface area contributed by atoms with Crippen molar-refractivity contribution < 1.29 is 13.2 Å². The van der Waals surface area contributed by atoms with Crippen LogP contribution in [0.5, 0.6) is 0 Å². The van der Waals surface area contributed by atoms with Gasteiger partial charge in [-0.05, 0) is 37.9 Å². The normalized spacial score (nSPS) is 16.8. The zero-order valence-corrected chi connectivity index (χ0v) is 12.1. The van der Waals surface area contributed by atoms with Crippen LogP contribution >= 0.6 is 11.8 Å². The third-order valence-electron chi connectivity index (χ3n) is 3.42. The molecule has 1 saturated carbocycles. The van der Waals surface area contributed by atoms with Crippen LogP contribution in [0.3, 0.4) is 0 Å². The number of hydrogen-bond acceptors (Lipinski definition) is 3. The lowest BCUT2D eigenvalue weighted by molar-refractivity contribution is -0.137.